The van der Waals surface area contributed by atoms with Crippen molar-refractivity contribution in [1.82, 2.24) is 4.98 Å². The molecule has 0 aliphatic rings. The quantitative estimate of drug-likeness (QED) is 0.843. The summed E-state index contributed by atoms with van der Waals surface area (Å²) >= 11 is 0. The zero-order valence-electron chi connectivity index (χ0n) is 8.77. The van der Waals surface area contributed by atoms with Gasteiger partial charge in [-0.3, -0.25) is 0 Å². The number of nitrogens with two attached hydrogens (primary N) is 1. The fourth-order valence-electron chi connectivity index (χ4n) is 1.28. The van der Waals surface area contributed by atoms with Gasteiger partial charge in [-0.15, -0.1) is 0 Å². The molecule has 16 heavy (non-hydrogen) atoms. The number of ether oxygens (including phenoxy) is 1. The topological polar surface area (TPSA) is 48.1 Å². The zero-order chi connectivity index (χ0) is 11.5. The molecule has 3 nitrogen and oxygen atoms in total. The maximum absolute atomic E-state index is 13.0. The molecule has 82 valence electrons. The van der Waals surface area contributed by atoms with Gasteiger partial charge in [0.15, 0.2) is 0 Å². The summed E-state index contributed by atoms with van der Waals surface area (Å²) in [6, 6.07) is 9.41. The van der Waals surface area contributed by atoms with Crippen molar-refractivity contribution in [3.8, 4) is 11.6 Å². The van der Waals surface area contributed by atoms with Gasteiger partial charge >= 0.3 is 0 Å². The van der Waals surface area contributed by atoms with Crippen molar-refractivity contribution in [2.24, 2.45) is 0 Å². The predicted molar refractivity (Wildman–Crippen MR) is 59.9 cm³/mol. The van der Waals surface area contributed by atoms with E-state index in [4.69, 9.17) is 10.5 Å². The van der Waals surface area contributed by atoms with E-state index in [2.05, 4.69) is 4.98 Å². The molecule has 0 bridgehead atoms. The SMILES string of the molecule is Cc1ccc(F)cc1Oc1cccc(N)n1. The second-order valence-corrected chi connectivity index (χ2v) is 3.41. The molecule has 0 radical (unpaired) electrons. The van der Waals surface area contributed by atoms with E-state index >= 15 is 0 Å². The van der Waals surface area contributed by atoms with E-state index < -0.39 is 0 Å². The third-order valence-electron chi connectivity index (χ3n) is 2.11. The number of hydrogen-bond acceptors (Lipinski definition) is 3. The Labute approximate surface area is 92.7 Å². The van der Waals surface area contributed by atoms with Crippen molar-refractivity contribution in [1.29, 1.82) is 0 Å². The minimum Gasteiger partial charge on any atom is -0.439 e. The van der Waals surface area contributed by atoms with E-state index in [1.54, 1.807) is 24.3 Å². The Bertz CT molecular complexity index is 514. The molecular formula is C12H11FN2O. The Morgan fingerprint density at radius 1 is 1.25 bits per heavy atom. The number of anilines is 1. The number of nitrogens with zero attached hydrogens (tertiary/aromatic N) is 1. The van der Waals surface area contributed by atoms with E-state index in [0.717, 1.165) is 5.56 Å². The molecule has 4 heteroatoms. The van der Waals surface area contributed by atoms with Crippen molar-refractivity contribution in [2.45, 2.75) is 6.92 Å². The average Bonchev–Trinajstić information content (AvgIpc) is 2.24. The van der Waals surface area contributed by atoms with Gasteiger partial charge in [-0.25, -0.2) is 4.39 Å². The minimum atomic E-state index is -0.343. The Kier molecular flexibility index (Phi) is 2.72. The molecule has 1 aromatic heterocycles. The molecule has 0 saturated carbocycles. The predicted octanol–water partition coefficient (Wildman–Crippen LogP) is 2.90. The highest BCUT2D eigenvalue weighted by Crippen LogP contribution is 2.24. The highest BCUT2D eigenvalue weighted by Gasteiger charge is 2.04. The minimum absolute atomic E-state index is 0.343. The molecule has 0 unspecified atom stereocenters. The van der Waals surface area contributed by atoms with Crippen LogP contribution in [0.2, 0.25) is 0 Å². The van der Waals surface area contributed by atoms with Crippen LogP contribution in [0, 0.1) is 12.7 Å². The maximum Gasteiger partial charge on any atom is 0.221 e. The van der Waals surface area contributed by atoms with Crippen molar-refractivity contribution in [3.63, 3.8) is 0 Å². The number of benzene rings is 1. The highest BCUT2D eigenvalue weighted by atomic mass is 19.1. The number of pyridine rings is 1. The monoisotopic (exact) mass is 218 g/mol. The number of aromatic nitrogens is 1. The number of aryl methyl sites for hydroxylation is 1. The maximum atomic E-state index is 13.0. The van der Waals surface area contributed by atoms with Crippen LogP contribution in [-0.2, 0) is 0 Å². The fraction of sp³-hybridized carbons (Fsp3) is 0.0833. The first kappa shape index (κ1) is 10.4. The summed E-state index contributed by atoms with van der Waals surface area (Å²) in [5.74, 6) is 0.822. The van der Waals surface area contributed by atoms with Crippen LogP contribution < -0.4 is 10.5 Å². The number of hydrogen-bond donors (Lipinski definition) is 1. The third kappa shape index (κ3) is 2.28. The van der Waals surface area contributed by atoms with E-state index in [-0.39, 0.29) is 5.82 Å². The first-order valence-corrected chi connectivity index (χ1v) is 4.82. The van der Waals surface area contributed by atoms with E-state index in [1.165, 1.54) is 12.1 Å². The van der Waals surface area contributed by atoms with Gasteiger partial charge in [-0.1, -0.05) is 12.1 Å². The molecule has 1 aromatic carbocycles. The van der Waals surface area contributed by atoms with Crippen LogP contribution in [0.3, 0.4) is 0 Å². The zero-order valence-corrected chi connectivity index (χ0v) is 8.77. The van der Waals surface area contributed by atoms with Crippen LogP contribution in [0.1, 0.15) is 5.56 Å². The van der Waals surface area contributed by atoms with Crippen LogP contribution in [-0.4, -0.2) is 4.98 Å². The molecule has 0 saturated heterocycles. The Balaban J connectivity index is 2.30. The third-order valence-corrected chi connectivity index (χ3v) is 2.11. The molecule has 0 amide bonds. The van der Waals surface area contributed by atoms with Crippen LogP contribution in [0.15, 0.2) is 36.4 Å². The molecule has 0 atom stereocenters. The van der Waals surface area contributed by atoms with E-state index in [1.807, 2.05) is 6.92 Å². The van der Waals surface area contributed by atoms with Gasteiger partial charge in [0, 0.05) is 12.1 Å². The van der Waals surface area contributed by atoms with Crippen molar-refractivity contribution in [2.75, 3.05) is 5.73 Å². The smallest absolute Gasteiger partial charge is 0.221 e. The van der Waals surface area contributed by atoms with Gasteiger partial charge in [-0.05, 0) is 24.6 Å². The lowest BCUT2D eigenvalue weighted by molar-refractivity contribution is 0.455. The summed E-state index contributed by atoms with van der Waals surface area (Å²) in [7, 11) is 0. The van der Waals surface area contributed by atoms with E-state index in [9.17, 15) is 4.39 Å². The van der Waals surface area contributed by atoms with Gasteiger partial charge < -0.3 is 10.5 Å². The van der Waals surface area contributed by atoms with Gasteiger partial charge in [0.2, 0.25) is 5.88 Å². The molecule has 2 N–H and O–H groups in total. The van der Waals surface area contributed by atoms with Crippen LogP contribution >= 0.6 is 0 Å². The lowest BCUT2D eigenvalue weighted by Crippen LogP contribution is -1.94. The second kappa shape index (κ2) is 4.18. The Hall–Kier alpha value is -2.10. The summed E-state index contributed by atoms with van der Waals surface area (Å²) in [5, 5.41) is 0. The molecule has 2 rings (SSSR count). The first-order chi connectivity index (χ1) is 7.65. The molecule has 0 spiro atoms. The summed E-state index contributed by atoms with van der Waals surface area (Å²) < 4.78 is 18.4. The Morgan fingerprint density at radius 2 is 2.06 bits per heavy atom. The van der Waals surface area contributed by atoms with Crippen molar-refractivity contribution >= 4 is 5.82 Å². The fourth-order valence-corrected chi connectivity index (χ4v) is 1.28. The average molecular weight is 218 g/mol. The van der Waals surface area contributed by atoms with Gasteiger partial charge in [0.1, 0.15) is 17.4 Å². The molecule has 1 heterocycles. The first-order valence-electron chi connectivity index (χ1n) is 4.82. The molecule has 0 fully saturated rings. The van der Waals surface area contributed by atoms with Crippen LogP contribution in [0.4, 0.5) is 10.2 Å². The van der Waals surface area contributed by atoms with Crippen LogP contribution in [0.25, 0.3) is 0 Å². The van der Waals surface area contributed by atoms with E-state index in [0.29, 0.717) is 17.4 Å². The highest BCUT2D eigenvalue weighted by molar-refractivity contribution is 5.37. The summed E-state index contributed by atoms with van der Waals surface area (Å²) in [4.78, 5) is 3.97. The Morgan fingerprint density at radius 3 is 2.81 bits per heavy atom. The van der Waals surface area contributed by atoms with Crippen molar-refractivity contribution < 1.29 is 9.13 Å². The molecule has 0 aliphatic heterocycles. The number of halogens is 1. The number of rotatable bonds is 2. The normalized spacial score (nSPS) is 10.1. The van der Waals surface area contributed by atoms with Gasteiger partial charge in [0.05, 0.1) is 0 Å². The van der Waals surface area contributed by atoms with Gasteiger partial charge in [-0.2, -0.15) is 4.98 Å². The summed E-state index contributed by atoms with van der Waals surface area (Å²) in [6.07, 6.45) is 0. The molecule has 0 aliphatic carbocycles. The van der Waals surface area contributed by atoms with Gasteiger partial charge in [0.25, 0.3) is 0 Å². The van der Waals surface area contributed by atoms with Crippen LogP contribution in [0.5, 0.6) is 11.6 Å². The standard InChI is InChI=1S/C12H11FN2O/c1-8-5-6-9(13)7-10(8)16-12-4-2-3-11(14)15-12/h2-7H,1H3,(H2,14,15). The molecule has 2 aromatic rings. The second-order valence-electron chi connectivity index (χ2n) is 3.41. The van der Waals surface area contributed by atoms with Crippen molar-refractivity contribution in [3.05, 3.63) is 47.8 Å². The number of nitrogen functional groups attached to an aromatic ring is 1. The summed E-state index contributed by atoms with van der Waals surface area (Å²) in [6.45, 7) is 1.83. The lowest BCUT2D eigenvalue weighted by atomic mass is 10.2. The molecular weight excluding hydrogens is 207 g/mol. The lowest BCUT2D eigenvalue weighted by Gasteiger charge is -2.07. The largest absolute Gasteiger partial charge is 0.439 e. The summed E-state index contributed by atoms with van der Waals surface area (Å²) in [5.41, 5.74) is 6.35.